The summed E-state index contributed by atoms with van der Waals surface area (Å²) in [5.74, 6) is -0.0450. The van der Waals surface area contributed by atoms with Gasteiger partial charge >= 0.3 is 5.97 Å². The van der Waals surface area contributed by atoms with Gasteiger partial charge in [0.1, 0.15) is 0 Å². The zero-order chi connectivity index (χ0) is 34.3. The topological polar surface area (TPSA) is 38.8 Å². The first-order valence-corrected chi connectivity index (χ1v) is 20.1. The molecule has 0 aromatic heterocycles. The van der Waals surface area contributed by atoms with Crippen molar-refractivity contribution in [3.8, 4) is 0 Å². The van der Waals surface area contributed by atoms with Crippen molar-refractivity contribution in [2.75, 3.05) is 33.9 Å². The van der Waals surface area contributed by atoms with E-state index in [-0.39, 0.29) is 12.1 Å². The number of likely N-dealkylation sites (N-methyl/N-ethyl adjacent to an activating group) is 1. The van der Waals surface area contributed by atoms with Gasteiger partial charge in [0, 0.05) is 19.4 Å². The van der Waals surface area contributed by atoms with E-state index >= 15 is 0 Å². The van der Waals surface area contributed by atoms with E-state index in [1.807, 2.05) is 0 Å². The van der Waals surface area contributed by atoms with Gasteiger partial charge in [0.15, 0.2) is 0 Å². The number of esters is 1. The maximum atomic E-state index is 12.3. The number of rotatable bonds is 36. The molecule has 4 heteroatoms. The molecule has 0 aliphatic heterocycles. The van der Waals surface area contributed by atoms with Gasteiger partial charge in [-0.2, -0.15) is 0 Å². The SMILES string of the molecule is CCCCC/C=C\C/C=C\CCCCCCCCC(CCOC(=O)CCCCCCC/C=C\C/C=C\CCCCC)OCCN(C)C. The van der Waals surface area contributed by atoms with E-state index < -0.39 is 0 Å². The van der Waals surface area contributed by atoms with Crippen molar-refractivity contribution in [1.29, 1.82) is 0 Å². The van der Waals surface area contributed by atoms with Crippen LogP contribution in [-0.2, 0) is 14.3 Å². The Balaban J connectivity index is 3.85. The molecule has 0 aliphatic carbocycles. The normalized spacial score (nSPS) is 13.0. The maximum Gasteiger partial charge on any atom is 0.305 e. The molecule has 0 rings (SSSR count). The Hall–Kier alpha value is -1.65. The van der Waals surface area contributed by atoms with E-state index in [1.54, 1.807) is 0 Å². The van der Waals surface area contributed by atoms with Crippen LogP contribution < -0.4 is 0 Å². The van der Waals surface area contributed by atoms with Gasteiger partial charge in [0.05, 0.1) is 19.3 Å². The third-order valence-electron chi connectivity index (χ3n) is 8.65. The Morgan fingerprint density at radius 1 is 0.532 bits per heavy atom. The Morgan fingerprint density at radius 2 is 0.979 bits per heavy atom. The lowest BCUT2D eigenvalue weighted by Crippen LogP contribution is -2.24. The van der Waals surface area contributed by atoms with Crippen molar-refractivity contribution in [3.05, 3.63) is 48.6 Å². The fourth-order valence-corrected chi connectivity index (χ4v) is 5.53. The third-order valence-corrected chi connectivity index (χ3v) is 8.65. The number of nitrogens with zero attached hydrogens (tertiary/aromatic N) is 1. The summed E-state index contributed by atoms with van der Waals surface area (Å²) in [6, 6.07) is 0. The summed E-state index contributed by atoms with van der Waals surface area (Å²) in [5, 5.41) is 0. The van der Waals surface area contributed by atoms with Crippen LogP contribution in [0.1, 0.15) is 181 Å². The van der Waals surface area contributed by atoms with Crippen LogP contribution in [0.2, 0.25) is 0 Å². The maximum absolute atomic E-state index is 12.3. The van der Waals surface area contributed by atoms with Gasteiger partial charge in [-0.3, -0.25) is 4.79 Å². The van der Waals surface area contributed by atoms with Crippen LogP contribution in [0.5, 0.6) is 0 Å². The highest BCUT2D eigenvalue weighted by molar-refractivity contribution is 5.69. The van der Waals surface area contributed by atoms with Crippen LogP contribution in [0.25, 0.3) is 0 Å². The number of hydrogen-bond acceptors (Lipinski definition) is 4. The molecule has 0 saturated carbocycles. The van der Waals surface area contributed by atoms with Gasteiger partial charge in [0.2, 0.25) is 0 Å². The Kier molecular flexibility index (Phi) is 37.4. The molecule has 1 atom stereocenters. The van der Waals surface area contributed by atoms with Gasteiger partial charge < -0.3 is 14.4 Å². The Labute approximate surface area is 293 Å². The molecule has 0 spiro atoms. The van der Waals surface area contributed by atoms with Crippen molar-refractivity contribution < 1.29 is 14.3 Å². The average Bonchev–Trinajstić information content (AvgIpc) is 3.05. The summed E-state index contributed by atoms with van der Waals surface area (Å²) < 4.78 is 11.8. The summed E-state index contributed by atoms with van der Waals surface area (Å²) in [6.45, 7) is 6.65. The lowest BCUT2D eigenvalue weighted by atomic mass is 10.0. The minimum absolute atomic E-state index is 0.0450. The molecular weight excluding hydrogens is 578 g/mol. The summed E-state index contributed by atoms with van der Waals surface area (Å²) in [4.78, 5) is 14.4. The number of allylic oxidation sites excluding steroid dienone is 8. The first-order chi connectivity index (χ1) is 23.1. The fraction of sp³-hybridized carbons (Fsp3) is 0.791. The summed E-state index contributed by atoms with van der Waals surface area (Å²) in [7, 11) is 4.16. The van der Waals surface area contributed by atoms with Gasteiger partial charge in [0.25, 0.3) is 0 Å². The molecular formula is C43H79NO3. The van der Waals surface area contributed by atoms with E-state index in [0.717, 1.165) is 51.7 Å². The number of carbonyl (C=O) groups is 1. The molecule has 0 aromatic rings. The third kappa shape index (κ3) is 38.7. The van der Waals surface area contributed by atoms with Crippen LogP contribution in [0, 0.1) is 0 Å². The molecule has 0 heterocycles. The van der Waals surface area contributed by atoms with Crippen molar-refractivity contribution in [2.45, 2.75) is 187 Å². The fourth-order valence-electron chi connectivity index (χ4n) is 5.53. The highest BCUT2D eigenvalue weighted by Crippen LogP contribution is 2.15. The zero-order valence-electron chi connectivity index (χ0n) is 31.9. The standard InChI is InChI=1S/C43H79NO3/c1-5-7-9-11-13-15-17-19-21-23-24-26-28-30-32-34-36-42(46-41-39-44(3)4)38-40-47-43(45)37-35-33-31-29-27-25-22-20-18-16-14-12-10-8-6-2/h13-16,19-22,42H,5-12,17-18,23-41H2,1-4H3/b15-13-,16-14-,21-19-,22-20-. The molecule has 1 unspecified atom stereocenters. The highest BCUT2D eigenvalue weighted by Gasteiger charge is 2.11. The van der Waals surface area contributed by atoms with E-state index in [4.69, 9.17) is 9.47 Å². The minimum atomic E-state index is -0.0450. The lowest BCUT2D eigenvalue weighted by Gasteiger charge is -2.19. The second kappa shape index (κ2) is 38.8. The van der Waals surface area contributed by atoms with E-state index in [2.05, 4.69) is 81.5 Å². The van der Waals surface area contributed by atoms with Gasteiger partial charge in [-0.25, -0.2) is 0 Å². The monoisotopic (exact) mass is 658 g/mol. The summed E-state index contributed by atoms with van der Waals surface area (Å²) >= 11 is 0. The first-order valence-electron chi connectivity index (χ1n) is 20.1. The largest absolute Gasteiger partial charge is 0.466 e. The van der Waals surface area contributed by atoms with Crippen LogP contribution in [0.3, 0.4) is 0 Å². The molecule has 4 nitrogen and oxygen atoms in total. The summed E-state index contributed by atoms with van der Waals surface area (Å²) in [5.41, 5.74) is 0. The molecule has 0 aromatic carbocycles. The number of hydrogen-bond donors (Lipinski definition) is 0. The minimum Gasteiger partial charge on any atom is -0.466 e. The average molecular weight is 658 g/mol. The lowest BCUT2D eigenvalue weighted by molar-refractivity contribution is -0.144. The second-order valence-electron chi connectivity index (χ2n) is 13.7. The zero-order valence-corrected chi connectivity index (χ0v) is 31.9. The molecule has 0 radical (unpaired) electrons. The molecule has 0 bridgehead atoms. The first kappa shape index (κ1) is 45.3. The van der Waals surface area contributed by atoms with Crippen molar-refractivity contribution in [2.24, 2.45) is 0 Å². The molecule has 0 fully saturated rings. The van der Waals surface area contributed by atoms with Crippen molar-refractivity contribution in [3.63, 3.8) is 0 Å². The van der Waals surface area contributed by atoms with E-state index in [0.29, 0.717) is 13.0 Å². The van der Waals surface area contributed by atoms with Crippen LogP contribution in [0.4, 0.5) is 0 Å². The van der Waals surface area contributed by atoms with Crippen molar-refractivity contribution >= 4 is 5.97 Å². The summed E-state index contributed by atoms with van der Waals surface area (Å²) in [6.07, 6.45) is 49.5. The Bertz CT molecular complexity index is 754. The predicted molar refractivity (Wildman–Crippen MR) is 207 cm³/mol. The molecule has 0 aliphatic rings. The van der Waals surface area contributed by atoms with E-state index in [9.17, 15) is 4.79 Å². The van der Waals surface area contributed by atoms with Crippen LogP contribution in [-0.4, -0.2) is 50.8 Å². The number of unbranched alkanes of at least 4 members (excludes halogenated alkanes) is 17. The number of ether oxygens (including phenoxy) is 2. The van der Waals surface area contributed by atoms with Crippen molar-refractivity contribution in [1.82, 2.24) is 4.90 Å². The van der Waals surface area contributed by atoms with E-state index in [1.165, 1.54) is 122 Å². The molecule has 47 heavy (non-hydrogen) atoms. The molecule has 0 saturated heterocycles. The molecule has 0 amide bonds. The molecule has 0 N–H and O–H groups in total. The Morgan fingerprint density at radius 3 is 1.47 bits per heavy atom. The molecule has 274 valence electrons. The van der Waals surface area contributed by atoms with Gasteiger partial charge in [-0.05, 0) is 91.1 Å². The second-order valence-corrected chi connectivity index (χ2v) is 13.7. The quantitative estimate of drug-likeness (QED) is 0.0382. The highest BCUT2D eigenvalue weighted by atomic mass is 16.5. The van der Waals surface area contributed by atoms with Gasteiger partial charge in [-0.15, -0.1) is 0 Å². The van der Waals surface area contributed by atoms with Gasteiger partial charge in [-0.1, -0.05) is 140 Å². The van der Waals surface area contributed by atoms with Crippen LogP contribution >= 0.6 is 0 Å². The van der Waals surface area contributed by atoms with Crippen LogP contribution in [0.15, 0.2) is 48.6 Å². The predicted octanol–water partition coefficient (Wildman–Crippen LogP) is 12.9. The number of carbonyl (C=O) groups excluding carboxylic acids is 1. The smallest absolute Gasteiger partial charge is 0.305 e.